The Morgan fingerprint density at radius 2 is 1.49 bits per heavy atom. The molecule has 4 aromatic rings. The van der Waals surface area contributed by atoms with Gasteiger partial charge in [0.1, 0.15) is 0 Å². The maximum absolute atomic E-state index is 4.87. The maximum atomic E-state index is 4.87. The van der Waals surface area contributed by atoms with Gasteiger partial charge in [-0.25, -0.2) is 0 Å². The molecule has 0 atom stereocenters. The Kier molecular flexibility index (Phi) is 9.78. The predicted molar refractivity (Wildman–Crippen MR) is 166 cm³/mol. The molecule has 0 fully saturated rings. The fourth-order valence-corrected chi connectivity index (χ4v) is 4.47. The van der Waals surface area contributed by atoms with Crippen molar-refractivity contribution < 1.29 is 0 Å². The summed E-state index contributed by atoms with van der Waals surface area (Å²) in [5.41, 5.74) is 14.6. The van der Waals surface area contributed by atoms with E-state index in [1.807, 2.05) is 43.3 Å². The van der Waals surface area contributed by atoms with E-state index in [0.29, 0.717) is 0 Å². The molecule has 2 nitrogen and oxygen atoms in total. The molecule has 0 radical (unpaired) electrons. The molecule has 39 heavy (non-hydrogen) atoms. The van der Waals surface area contributed by atoms with E-state index < -0.39 is 0 Å². The minimum atomic E-state index is 0.790. The van der Waals surface area contributed by atoms with E-state index in [1.54, 1.807) is 0 Å². The van der Waals surface area contributed by atoms with E-state index in [2.05, 4.69) is 110 Å². The summed E-state index contributed by atoms with van der Waals surface area (Å²) in [7, 11) is 0. The largest absolute Gasteiger partial charge is 0.253 e. The maximum Gasteiger partial charge on any atom is 0.0709 e. The van der Waals surface area contributed by atoms with Gasteiger partial charge >= 0.3 is 0 Å². The molecule has 0 aliphatic rings. The van der Waals surface area contributed by atoms with Crippen LogP contribution < -0.4 is 0 Å². The zero-order valence-electron chi connectivity index (χ0n) is 23.2. The highest BCUT2D eigenvalue weighted by Gasteiger charge is 2.02. The van der Waals surface area contributed by atoms with Crippen LogP contribution in [0.3, 0.4) is 0 Å². The number of hydrogen-bond acceptors (Lipinski definition) is 2. The van der Waals surface area contributed by atoms with E-state index in [9.17, 15) is 0 Å². The van der Waals surface area contributed by atoms with E-state index in [-0.39, 0.29) is 0 Å². The molecule has 2 heteroatoms. The summed E-state index contributed by atoms with van der Waals surface area (Å²) >= 11 is 0. The van der Waals surface area contributed by atoms with Crippen LogP contribution in [-0.2, 0) is 12.8 Å². The van der Waals surface area contributed by atoms with Gasteiger partial charge in [0.2, 0.25) is 0 Å². The van der Waals surface area contributed by atoms with Gasteiger partial charge < -0.3 is 0 Å². The standard InChI is InChI=1S/C37H36N2/c1-28(12-6-18-35-20-8-14-31(4)38-35)23-29(2)13-7-19-36-21-10-22-37(39-36)27-34-17-9-16-33(26-34)25-32-15-5-11-30(3)24-32/h5,7-22,24,26H,1,23,25,27H2,2-4H3. The lowest BCUT2D eigenvalue weighted by molar-refractivity contribution is 1.05. The molecule has 2 aromatic heterocycles. The lowest BCUT2D eigenvalue weighted by Gasteiger charge is -2.07. The quantitative estimate of drug-likeness (QED) is 0.158. The Morgan fingerprint density at radius 3 is 2.28 bits per heavy atom. The second kappa shape index (κ2) is 13.9. The highest BCUT2D eigenvalue weighted by atomic mass is 14.7. The van der Waals surface area contributed by atoms with Crippen LogP contribution in [0.15, 0.2) is 127 Å². The molecule has 0 aliphatic heterocycles. The predicted octanol–water partition coefficient (Wildman–Crippen LogP) is 9.05. The number of aryl methyl sites for hydroxylation is 2. The molecule has 0 saturated heterocycles. The van der Waals surface area contributed by atoms with Crippen molar-refractivity contribution in [1.82, 2.24) is 9.97 Å². The molecule has 0 bridgehead atoms. The van der Waals surface area contributed by atoms with E-state index >= 15 is 0 Å². The zero-order chi connectivity index (χ0) is 27.5. The second-order valence-corrected chi connectivity index (χ2v) is 10.1. The zero-order valence-corrected chi connectivity index (χ0v) is 23.2. The van der Waals surface area contributed by atoms with Crippen LogP contribution in [-0.4, -0.2) is 9.97 Å². The summed E-state index contributed by atoms with van der Waals surface area (Å²) in [6.07, 6.45) is 12.6. The second-order valence-electron chi connectivity index (χ2n) is 10.1. The molecule has 0 aliphatic carbocycles. The van der Waals surface area contributed by atoms with Gasteiger partial charge in [-0.15, -0.1) is 5.73 Å². The third-order valence-electron chi connectivity index (χ3n) is 6.28. The molecule has 0 amide bonds. The molecule has 2 heterocycles. The van der Waals surface area contributed by atoms with Crippen LogP contribution in [0.5, 0.6) is 0 Å². The SMILES string of the molecule is C=C(C=C=Cc1cccc(C)n1)CC(C)=CC=Cc1cccc(Cc2cccc(Cc3cccc(C)c3)c2)n1. The Morgan fingerprint density at radius 1 is 0.795 bits per heavy atom. The van der Waals surface area contributed by atoms with Crippen LogP contribution >= 0.6 is 0 Å². The van der Waals surface area contributed by atoms with Crippen molar-refractivity contribution in [3.8, 4) is 0 Å². The first-order valence-electron chi connectivity index (χ1n) is 13.4. The Hall–Kier alpha value is -4.52. The molecule has 0 N–H and O–H groups in total. The normalized spacial score (nSPS) is 11.3. The highest BCUT2D eigenvalue weighted by molar-refractivity contribution is 5.48. The fourth-order valence-electron chi connectivity index (χ4n) is 4.47. The summed E-state index contributed by atoms with van der Waals surface area (Å²) in [5, 5.41) is 0. The van der Waals surface area contributed by atoms with Gasteiger partial charge in [0.25, 0.3) is 0 Å². The number of allylic oxidation sites excluding steroid dienone is 5. The number of nitrogens with zero attached hydrogens (tertiary/aromatic N) is 2. The topological polar surface area (TPSA) is 25.8 Å². The summed E-state index contributed by atoms with van der Waals surface area (Å²) < 4.78 is 0. The van der Waals surface area contributed by atoms with E-state index in [0.717, 1.165) is 47.6 Å². The summed E-state index contributed by atoms with van der Waals surface area (Å²) in [4.78, 5) is 9.32. The molecule has 194 valence electrons. The molecule has 0 saturated carbocycles. The van der Waals surface area contributed by atoms with Crippen LogP contribution in [0.1, 0.15) is 58.4 Å². The summed E-state index contributed by atoms with van der Waals surface area (Å²) in [6.45, 7) is 10.4. The molecular weight excluding hydrogens is 472 g/mol. The van der Waals surface area contributed by atoms with Gasteiger partial charge in [0.15, 0.2) is 0 Å². The average molecular weight is 509 g/mol. The molecule has 0 unspecified atom stereocenters. The van der Waals surface area contributed by atoms with Crippen molar-refractivity contribution in [2.45, 2.75) is 40.0 Å². The average Bonchev–Trinajstić information content (AvgIpc) is 2.89. The fraction of sp³-hybridized carbons (Fsp3) is 0.162. The van der Waals surface area contributed by atoms with Crippen molar-refractivity contribution in [3.05, 3.63) is 172 Å². The van der Waals surface area contributed by atoms with E-state index in [1.165, 1.54) is 27.8 Å². The monoisotopic (exact) mass is 508 g/mol. The van der Waals surface area contributed by atoms with E-state index in [4.69, 9.17) is 4.98 Å². The van der Waals surface area contributed by atoms with Gasteiger partial charge in [-0.1, -0.05) is 90.5 Å². The highest BCUT2D eigenvalue weighted by Crippen LogP contribution is 2.16. The summed E-state index contributed by atoms with van der Waals surface area (Å²) in [6, 6.07) is 29.7. The molecule has 0 spiro atoms. The van der Waals surface area contributed by atoms with Crippen LogP contribution in [0.2, 0.25) is 0 Å². The summed E-state index contributed by atoms with van der Waals surface area (Å²) in [5.74, 6) is 0. The van der Waals surface area contributed by atoms with Crippen molar-refractivity contribution in [2.24, 2.45) is 0 Å². The Labute approximate surface area is 233 Å². The van der Waals surface area contributed by atoms with Gasteiger partial charge in [-0.3, -0.25) is 9.97 Å². The number of aromatic nitrogens is 2. The first-order chi connectivity index (χ1) is 18.9. The minimum Gasteiger partial charge on any atom is -0.253 e. The molecule has 4 rings (SSSR count). The molecule has 2 aromatic carbocycles. The Balaban J connectivity index is 1.33. The third-order valence-corrected chi connectivity index (χ3v) is 6.28. The van der Waals surface area contributed by atoms with Gasteiger partial charge in [0, 0.05) is 23.9 Å². The van der Waals surface area contributed by atoms with Gasteiger partial charge in [-0.05, 0) is 92.3 Å². The number of benzene rings is 2. The van der Waals surface area contributed by atoms with Crippen LogP contribution in [0, 0.1) is 13.8 Å². The molecular formula is C37H36N2. The van der Waals surface area contributed by atoms with Gasteiger partial charge in [0.05, 0.1) is 11.4 Å². The number of hydrogen-bond donors (Lipinski definition) is 0. The third kappa shape index (κ3) is 9.38. The number of pyridine rings is 2. The minimum absolute atomic E-state index is 0.790. The number of rotatable bonds is 10. The van der Waals surface area contributed by atoms with Crippen LogP contribution in [0.25, 0.3) is 12.2 Å². The van der Waals surface area contributed by atoms with Crippen molar-refractivity contribution in [3.63, 3.8) is 0 Å². The lowest BCUT2D eigenvalue weighted by Crippen LogP contribution is -1.96. The Bertz CT molecular complexity index is 1560. The van der Waals surface area contributed by atoms with Gasteiger partial charge in [-0.2, -0.15) is 0 Å². The first-order valence-corrected chi connectivity index (χ1v) is 13.4. The van der Waals surface area contributed by atoms with Crippen LogP contribution in [0.4, 0.5) is 0 Å². The first kappa shape index (κ1) is 27.5. The van der Waals surface area contributed by atoms with Crippen molar-refractivity contribution in [1.29, 1.82) is 0 Å². The van der Waals surface area contributed by atoms with Crippen molar-refractivity contribution in [2.75, 3.05) is 0 Å². The lowest BCUT2D eigenvalue weighted by atomic mass is 10.00. The smallest absolute Gasteiger partial charge is 0.0709 e. The van der Waals surface area contributed by atoms with Crippen molar-refractivity contribution >= 4 is 12.2 Å².